The lowest BCUT2D eigenvalue weighted by molar-refractivity contribution is 1.48. The summed E-state index contributed by atoms with van der Waals surface area (Å²) in [6, 6.07) is 10.0. The van der Waals surface area contributed by atoms with Gasteiger partial charge in [-0.2, -0.15) is 0 Å². The molecule has 0 spiro atoms. The van der Waals surface area contributed by atoms with E-state index in [2.05, 4.69) is 0 Å². The van der Waals surface area contributed by atoms with Crippen molar-refractivity contribution in [3.05, 3.63) is 42.0 Å². The molecule has 0 amide bonds. The Hall–Kier alpha value is -1.37. The maximum atomic E-state index is 7.52. The Balaban J connectivity index is 3.05. The Morgan fingerprint density at radius 3 is 2.25 bits per heavy atom. The largest absolute Gasteiger partial charge is 0.305 e. The number of hydrogen-bond acceptors (Lipinski definition) is 1. The molecule has 1 aromatic rings. The minimum absolute atomic E-state index is 0.615. The van der Waals surface area contributed by atoms with Gasteiger partial charge in [-0.3, -0.25) is 0 Å². The minimum Gasteiger partial charge on any atom is -0.305 e. The fourth-order valence-corrected chi connectivity index (χ4v) is 1.22. The fraction of sp³-hybridized carbons (Fsp3) is 0.182. The molecule has 0 bridgehead atoms. The summed E-state index contributed by atoms with van der Waals surface area (Å²) in [5.41, 5.74) is 2.74. The molecule has 12 heavy (non-hydrogen) atoms. The summed E-state index contributed by atoms with van der Waals surface area (Å²) in [4.78, 5) is 0. The molecule has 0 radical (unpaired) electrons. The van der Waals surface area contributed by atoms with Gasteiger partial charge in [0.05, 0.1) is 0 Å². The topological polar surface area (TPSA) is 23.9 Å². The van der Waals surface area contributed by atoms with Crippen LogP contribution in [0.15, 0.2) is 36.4 Å². The van der Waals surface area contributed by atoms with Crippen molar-refractivity contribution in [2.75, 3.05) is 0 Å². The van der Waals surface area contributed by atoms with Gasteiger partial charge in [-0.15, -0.1) is 0 Å². The van der Waals surface area contributed by atoms with Crippen LogP contribution in [0.25, 0.3) is 5.57 Å². The molecule has 0 saturated heterocycles. The summed E-state index contributed by atoms with van der Waals surface area (Å²) in [6.07, 6.45) is 1.97. The molecule has 0 aliphatic heterocycles. The predicted molar refractivity (Wildman–Crippen MR) is 53.5 cm³/mol. The highest BCUT2D eigenvalue weighted by molar-refractivity contribution is 6.20. The summed E-state index contributed by atoms with van der Waals surface area (Å²) in [7, 11) is 0. The highest BCUT2D eigenvalue weighted by Crippen LogP contribution is 2.14. The van der Waals surface area contributed by atoms with Crippen LogP contribution in [0.2, 0.25) is 0 Å². The third-order valence-corrected chi connectivity index (χ3v) is 1.78. The van der Waals surface area contributed by atoms with Crippen LogP contribution in [-0.2, 0) is 0 Å². The van der Waals surface area contributed by atoms with Crippen LogP contribution < -0.4 is 0 Å². The zero-order valence-electron chi connectivity index (χ0n) is 7.46. The highest BCUT2D eigenvalue weighted by Gasteiger charge is 1.99. The first kappa shape index (κ1) is 8.72. The van der Waals surface area contributed by atoms with E-state index in [0.29, 0.717) is 5.71 Å². The average Bonchev–Trinajstić information content (AvgIpc) is 2.07. The van der Waals surface area contributed by atoms with Crippen LogP contribution in [0, 0.1) is 5.41 Å². The second-order valence-corrected chi connectivity index (χ2v) is 2.69. The zero-order valence-corrected chi connectivity index (χ0v) is 7.46. The third kappa shape index (κ3) is 1.82. The van der Waals surface area contributed by atoms with Crippen LogP contribution in [0.1, 0.15) is 19.4 Å². The molecule has 0 heterocycles. The van der Waals surface area contributed by atoms with Gasteiger partial charge < -0.3 is 5.41 Å². The minimum atomic E-state index is 0.615. The van der Waals surface area contributed by atoms with Gasteiger partial charge in [-0.05, 0) is 25.0 Å². The van der Waals surface area contributed by atoms with E-state index in [1.54, 1.807) is 0 Å². The van der Waals surface area contributed by atoms with Crippen LogP contribution in [0.3, 0.4) is 0 Å². The second-order valence-electron chi connectivity index (χ2n) is 2.69. The van der Waals surface area contributed by atoms with Crippen molar-refractivity contribution in [2.24, 2.45) is 0 Å². The number of allylic oxidation sites excluding steroid dienone is 2. The number of nitrogens with one attached hydrogen (secondary N) is 1. The van der Waals surface area contributed by atoms with Crippen LogP contribution in [0.5, 0.6) is 0 Å². The first-order valence-electron chi connectivity index (χ1n) is 4.03. The van der Waals surface area contributed by atoms with Crippen molar-refractivity contribution < 1.29 is 0 Å². The molecule has 62 valence electrons. The SMILES string of the molecule is C/C=C(/C(C)=N)c1ccccc1. The van der Waals surface area contributed by atoms with E-state index in [-0.39, 0.29) is 0 Å². The normalized spacial score (nSPS) is 11.3. The fourth-order valence-electron chi connectivity index (χ4n) is 1.22. The van der Waals surface area contributed by atoms with Crippen molar-refractivity contribution >= 4 is 11.3 Å². The molecule has 0 aliphatic rings. The van der Waals surface area contributed by atoms with E-state index >= 15 is 0 Å². The van der Waals surface area contributed by atoms with E-state index in [1.165, 1.54) is 0 Å². The van der Waals surface area contributed by atoms with Gasteiger partial charge in [0.1, 0.15) is 0 Å². The molecule has 0 unspecified atom stereocenters. The summed E-state index contributed by atoms with van der Waals surface area (Å²) in [5, 5.41) is 7.52. The molecule has 1 heteroatoms. The summed E-state index contributed by atoms with van der Waals surface area (Å²) < 4.78 is 0. The molecule has 1 aromatic carbocycles. The van der Waals surface area contributed by atoms with E-state index in [9.17, 15) is 0 Å². The lowest BCUT2D eigenvalue weighted by Gasteiger charge is -2.03. The predicted octanol–water partition coefficient (Wildman–Crippen LogP) is 3.13. The molecule has 0 aliphatic carbocycles. The van der Waals surface area contributed by atoms with Crippen LogP contribution in [-0.4, -0.2) is 5.71 Å². The Morgan fingerprint density at radius 2 is 1.83 bits per heavy atom. The molecule has 1 rings (SSSR count). The van der Waals surface area contributed by atoms with Crippen molar-refractivity contribution in [2.45, 2.75) is 13.8 Å². The van der Waals surface area contributed by atoms with Gasteiger partial charge in [0.25, 0.3) is 0 Å². The maximum absolute atomic E-state index is 7.52. The Labute approximate surface area is 73.3 Å². The first-order valence-corrected chi connectivity index (χ1v) is 4.03. The quantitative estimate of drug-likeness (QED) is 0.641. The van der Waals surface area contributed by atoms with Gasteiger partial charge >= 0.3 is 0 Å². The second kappa shape index (κ2) is 3.86. The van der Waals surface area contributed by atoms with Gasteiger partial charge in [0, 0.05) is 5.71 Å². The molecule has 1 N–H and O–H groups in total. The van der Waals surface area contributed by atoms with Gasteiger partial charge in [0.15, 0.2) is 0 Å². The first-order chi connectivity index (χ1) is 5.75. The average molecular weight is 159 g/mol. The van der Waals surface area contributed by atoms with Crippen molar-refractivity contribution in [3.63, 3.8) is 0 Å². The van der Waals surface area contributed by atoms with Crippen molar-refractivity contribution in [1.82, 2.24) is 0 Å². The van der Waals surface area contributed by atoms with E-state index in [1.807, 2.05) is 50.3 Å². The Kier molecular flexibility index (Phi) is 2.81. The molecular weight excluding hydrogens is 146 g/mol. The highest BCUT2D eigenvalue weighted by atomic mass is 14.4. The zero-order chi connectivity index (χ0) is 8.97. The summed E-state index contributed by atoms with van der Waals surface area (Å²) in [6.45, 7) is 3.77. The van der Waals surface area contributed by atoms with E-state index < -0.39 is 0 Å². The molecule has 0 fully saturated rings. The molecule has 0 saturated carbocycles. The van der Waals surface area contributed by atoms with Gasteiger partial charge in [-0.1, -0.05) is 36.4 Å². The smallest absolute Gasteiger partial charge is 0.0357 e. The van der Waals surface area contributed by atoms with Crippen LogP contribution in [0.4, 0.5) is 0 Å². The van der Waals surface area contributed by atoms with Crippen LogP contribution >= 0.6 is 0 Å². The Bertz CT molecular complexity index is 296. The molecule has 0 aromatic heterocycles. The van der Waals surface area contributed by atoms with E-state index in [4.69, 9.17) is 5.41 Å². The maximum Gasteiger partial charge on any atom is 0.0357 e. The number of hydrogen-bond donors (Lipinski definition) is 1. The van der Waals surface area contributed by atoms with Gasteiger partial charge in [0.2, 0.25) is 0 Å². The summed E-state index contributed by atoms with van der Waals surface area (Å²) >= 11 is 0. The molecular formula is C11H13N. The van der Waals surface area contributed by atoms with Crippen molar-refractivity contribution in [3.8, 4) is 0 Å². The monoisotopic (exact) mass is 159 g/mol. The third-order valence-electron chi connectivity index (χ3n) is 1.78. The lowest BCUT2D eigenvalue weighted by atomic mass is 10.0. The molecule has 0 atom stereocenters. The van der Waals surface area contributed by atoms with Gasteiger partial charge in [-0.25, -0.2) is 0 Å². The summed E-state index contributed by atoms with van der Waals surface area (Å²) in [5.74, 6) is 0. The number of benzene rings is 1. The Morgan fingerprint density at radius 1 is 1.25 bits per heavy atom. The molecule has 1 nitrogen and oxygen atoms in total. The standard InChI is InChI=1S/C11H13N/c1-3-11(9(2)12)10-7-5-4-6-8-10/h3-8,12H,1-2H3/b11-3-,12-9?. The van der Waals surface area contributed by atoms with E-state index in [0.717, 1.165) is 11.1 Å². The number of rotatable bonds is 2. The van der Waals surface area contributed by atoms with Crippen molar-refractivity contribution in [1.29, 1.82) is 5.41 Å². The lowest BCUT2D eigenvalue weighted by Crippen LogP contribution is -1.93.